The Hall–Kier alpha value is -3.31. The van der Waals surface area contributed by atoms with E-state index in [-0.39, 0.29) is 29.3 Å². The smallest absolute Gasteiger partial charge is 0.304 e. The van der Waals surface area contributed by atoms with Crippen molar-refractivity contribution in [2.75, 3.05) is 0 Å². The fourth-order valence-corrected chi connectivity index (χ4v) is 5.19. The molecule has 0 aromatic heterocycles. The molecule has 0 fully saturated rings. The van der Waals surface area contributed by atoms with Gasteiger partial charge >= 0.3 is 6.18 Å². The average Bonchev–Trinajstić information content (AvgIpc) is 3.06. The molecule has 1 atom stereocenters. The van der Waals surface area contributed by atoms with Crippen LogP contribution in [0.15, 0.2) is 79.9 Å². The van der Waals surface area contributed by atoms with Crippen molar-refractivity contribution in [3.63, 3.8) is 0 Å². The first-order chi connectivity index (χ1) is 17.0. The number of hydrogen-bond donors (Lipinski definition) is 0. The molecule has 36 heavy (non-hydrogen) atoms. The van der Waals surface area contributed by atoms with Gasteiger partial charge in [0.25, 0.3) is 5.91 Å². The number of carbonyl (C=O) groups is 1. The highest BCUT2D eigenvalue weighted by molar-refractivity contribution is 6.30. The molecule has 0 bridgehead atoms. The summed E-state index contributed by atoms with van der Waals surface area (Å²) >= 11 is 6.13. The van der Waals surface area contributed by atoms with Gasteiger partial charge in [-0.05, 0) is 65.8 Å². The van der Waals surface area contributed by atoms with Crippen LogP contribution in [0.4, 0.5) is 13.2 Å². The number of allylic oxidation sites excluding steroid dienone is 1. The van der Waals surface area contributed by atoms with Gasteiger partial charge in [-0.3, -0.25) is 4.79 Å². The third-order valence-electron chi connectivity index (χ3n) is 7.00. The summed E-state index contributed by atoms with van der Waals surface area (Å²) in [5, 5.41) is 0.280. The number of rotatable bonds is 7. The van der Waals surface area contributed by atoms with E-state index in [4.69, 9.17) is 11.6 Å². The first-order valence-corrected chi connectivity index (χ1v) is 12.1. The van der Waals surface area contributed by atoms with Crippen molar-refractivity contribution in [1.82, 2.24) is 4.90 Å². The van der Waals surface area contributed by atoms with E-state index in [9.17, 15) is 18.0 Å². The second-order valence-electron chi connectivity index (χ2n) is 9.31. The van der Waals surface area contributed by atoms with Crippen molar-refractivity contribution < 1.29 is 18.0 Å². The molecule has 3 aromatic carbocycles. The fourth-order valence-electron chi connectivity index (χ4n) is 4.90. The first-order valence-electron chi connectivity index (χ1n) is 11.7. The van der Waals surface area contributed by atoms with Crippen LogP contribution in [0.2, 0.25) is 5.02 Å². The predicted octanol–water partition coefficient (Wildman–Crippen LogP) is 8.59. The van der Waals surface area contributed by atoms with Gasteiger partial charge in [0.15, 0.2) is 0 Å². The third kappa shape index (κ3) is 4.60. The van der Waals surface area contributed by atoms with Crippen molar-refractivity contribution >= 4 is 28.8 Å². The highest BCUT2D eigenvalue weighted by atomic mass is 35.5. The fraction of sp³-hybridized carbons (Fsp3) is 0.233. The van der Waals surface area contributed by atoms with Crippen LogP contribution in [0.3, 0.4) is 0 Å². The Morgan fingerprint density at radius 1 is 1.00 bits per heavy atom. The number of amides is 1. The Kier molecular flexibility index (Phi) is 6.89. The van der Waals surface area contributed by atoms with E-state index in [1.165, 1.54) is 13.0 Å². The number of benzene rings is 3. The van der Waals surface area contributed by atoms with Gasteiger partial charge in [0.1, 0.15) is 0 Å². The number of hydrogen-bond acceptors (Lipinski definition) is 1. The Balaban J connectivity index is 1.56. The van der Waals surface area contributed by atoms with E-state index >= 15 is 0 Å². The minimum absolute atomic E-state index is 0.112. The lowest BCUT2D eigenvalue weighted by Crippen LogP contribution is -2.42. The zero-order chi connectivity index (χ0) is 26.3. The standard InChI is InChI=1S/C30H27ClF3NO/c1-5-29(30(32,33)34,24-14-19(2)15-25(31)16-24)17-20(3)23-12-10-22(11-13-23)18-35-21(4)26-8-6-7-9-27(26)28(35)36/h6-16H,3-5,17-18H2,1-2H3. The number of carbonyl (C=O) groups excluding carboxylic acids is 1. The summed E-state index contributed by atoms with van der Waals surface area (Å²) in [6, 6.07) is 19.1. The van der Waals surface area contributed by atoms with Crippen LogP contribution in [0.25, 0.3) is 11.3 Å². The third-order valence-corrected chi connectivity index (χ3v) is 7.22. The van der Waals surface area contributed by atoms with Crippen LogP contribution < -0.4 is 0 Å². The molecule has 1 aliphatic rings. The van der Waals surface area contributed by atoms with Crippen molar-refractivity contribution in [1.29, 1.82) is 0 Å². The van der Waals surface area contributed by atoms with Gasteiger partial charge in [0.2, 0.25) is 0 Å². The number of halogens is 4. The van der Waals surface area contributed by atoms with Gasteiger partial charge in [-0.15, -0.1) is 0 Å². The topological polar surface area (TPSA) is 20.3 Å². The lowest BCUT2D eigenvalue weighted by atomic mass is 9.71. The molecule has 0 spiro atoms. The molecule has 1 amide bonds. The van der Waals surface area contributed by atoms with E-state index in [2.05, 4.69) is 13.2 Å². The second kappa shape index (κ2) is 9.62. The van der Waals surface area contributed by atoms with Crippen molar-refractivity contribution in [2.45, 2.75) is 44.8 Å². The summed E-state index contributed by atoms with van der Waals surface area (Å²) in [5.74, 6) is -0.112. The molecule has 0 aliphatic carbocycles. The SMILES string of the molecule is C=C(CC(CC)(c1cc(C)cc(Cl)c1)C(F)(F)F)c1ccc(CN2C(=C)c3ccccc3C2=O)cc1. The normalized spacial score (nSPS) is 15.1. The van der Waals surface area contributed by atoms with Crippen LogP contribution in [0.5, 0.6) is 0 Å². The number of fused-ring (bicyclic) bond motifs is 1. The van der Waals surface area contributed by atoms with Crippen molar-refractivity contribution in [3.8, 4) is 0 Å². The zero-order valence-corrected chi connectivity index (χ0v) is 21.0. The lowest BCUT2D eigenvalue weighted by Gasteiger charge is -2.36. The Labute approximate surface area is 214 Å². The molecule has 1 aliphatic heterocycles. The molecule has 0 N–H and O–H groups in total. The minimum atomic E-state index is -4.49. The lowest BCUT2D eigenvalue weighted by molar-refractivity contribution is -0.190. The summed E-state index contributed by atoms with van der Waals surface area (Å²) in [7, 11) is 0. The summed E-state index contributed by atoms with van der Waals surface area (Å²) in [6.07, 6.45) is -4.93. The summed E-state index contributed by atoms with van der Waals surface area (Å²) in [5.41, 5.74) is 2.63. The Morgan fingerprint density at radius 2 is 1.64 bits per heavy atom. The maximum absolute atomic E-state index is 14.5. The molecule has 1 unspecified atom stereocenters. The molecule has 186 valence electrons. The van der Waals surface area contributed by atoms with Gasteiger partial charge < -0.3 is 4.90 Å². The maximum atomic E-state index is 14.5. The maximum Gasteiger partial charge on any atom is 0.398 e. The highest BCUT2D eigenvalue weighted by Crippen LogP contribution is 2.50. The molecule has 0 saturated heterocycles. The quantitative estimate of drug-likeness (QED) is 0.312. The summed E-state index contributed by atoms with van der Waals surface area (Å²) in [6.45, 7) is 11.7. The van der Waals surface area contributed by atoms with Gasteiger partial charge in [-0.2, -0.15) is 13.2 Å². The molecule has 2 nitrogen and oxygen atoms in total. The molecule has 3 aromatic rings. The Bertz CT molecular complexity index is 1290. The second-order valence-corrected chi connectivity index (χ2v) is 9.75. The van der Waals surface area contributed by atoms with Crippen molar-refractivity contribution in [2.24, 2.45) is 0 Å². The zero-order valence-electron chi connectivity index (χ0n) is 20.3. The predicted molar refractivity (Wildman–Crippen MR) is 140 cm³/mol. The average molecular weight is 510 g/mol. The molecular formula is C30H27ClF3NO. The number of alkyl halides is 3. The van der Waals surface area contributed by atoms with E-state index in [1.54, 1.807) is 42.2 Å². The van der Waals surface area contributed by atoms with E-state index in [0.29, 0.717) is 34.5 Å². The monoisotopic (exact) mass is 509 g/mol. The van der Waals surface area contributed by atoms with Gasteiger partial charge in [0.05, 0.1) is 12.0 Å². The van der Waals surface area contributed by atoms with E-state index in [0.717, 1.165) is 11.1 Å². The number of aryl methyl sites for hydroxylation is 1. The summed E-state index contributed by atoms with van der Waals surface area (Å²) < 4.78 is 43.6. The minimum Gasteiger partial charge on any atom is -0.304 e. The molecule has 0 radical (unpaired) electrons. The van der Waals surface area contributed by atoms with Gasteiger partial charge in [-0.25, -0.2) is 0 Å². The molecule has 6 heteroatoms. The van der Waals surface area contributed by atoms with Gasteiger partial charge in [-0.1, -0.05) is 80.2 Å². The molecule has 4 rings (SSSR count). The van der Waals surface area contributed by atoms with Crippen LogP contribution in [0, 0.1) is 6.92 Å². The molecule has 1 heterocycles. The Morgan fingerprint density at radius 3 is 2.19 bits per heavy atom. The first kappa shape index (κ1) is 25.8. The van der Waals surface area contributed by atoms with E-state index < -0.39 is 11.6 Å². The largest absolute Gasteiger partial charge is 0.398 e. The van der Waals surface area contributed by atoms with Crippen LogP contribution in [-0.4, -0.2) is 17.0 Å². The summed E-state index contributed by atoms with van der Waals surface area (Å²) in [4.78, 5) is 14.4. The van der Waals surface area contributed by atoms with Crippen LogP contribution in [0.1, 0.15) is 57.9 Å². The molecule has 0 saturated carbocycles. The van der Waals surface area contributed by atoms with Crippen molar-refractivity contribution in [3.05, 3.63) is 118 Å². The van der Waals surface area contributed by atoms with Gasteiger partial charge in [0, 0.05) is 21.8 Å². The highest BCUT2D eigenvalue weighted by Gasteiger charge is 2.54. The van der Waals surface area contributed by atoms with Crippen LogP contribution in [-0.2, 0) is 12.0 Å². The number of nitrogens with zero attached hydrogens (tertiary/aromatic N) is 1. The van der Waals surface area contributed by atoms with E-state index in [1.807, 2.05) is 30.3 Å². The van der Waals surface area contributed by atoms with Crippen LogP contribution >= 0.6 is 11.6 Å². The molecular weight excluding hydrogens is 483 g/mol.